The Morgan fingerprint density at radius 1 is 1.06 bits per heavy atom. The van der Waals surface area contributed by atoms with Crippen LogP contribution < -0.4 is 0 Å². The molecule has 3 nitrogen and oxygen atoms in total. The molecule has 0 saturated carbocycles. The smallest absolute Gasteiger partial charge is 0.141 e. The predicted octanol–water partition coefficient (Wildman–Crippen LogP) is 2.76. The minimum Gasteiger partial charge on any atom is -0.277 e. The topological polar surface area (TPSA) is 41.6 Å². The molecule has 0 bridgehead atoms. The lowest BCUT2D eigenvalue weighted by Crippen LogP contribution is -1.85. The summed E-state index contributed by atoms with van der Waals surface area (Å²) in [7, 11) is 0. The first-order valence-electron chi connectivity index (χ1n) is 4.89. The highest BCUT2D eigenvalue weighted by molar-refractivity contribution is 5.91. The molecule has 1 aromatic carbocycles. The van der Waals surface area contributed by atoms with Crippen LogP contribution in [0.3, 0.4) is 0 Å². The molecule has 0 spiro atoms. The van der Waals surface area contributed by atoms with Gasteiger partial charge in [0.15, 0.2) is 0 Å². The van der Waals surface area contributed by atoms with Crippen molar-refractivity contribution in [3.05, 3.63) is 48.4 Å². The molecule has 4 heteroatoms. The van der Waals surface area contributed by atoms with Gasteiger partial charge in [-0.25, -0.2) is 4.39 Å². The van der Waals surface area contributed by atoms with E-state index in [0.29, 0.717) is 5.69 Å². The van der Waals surface area contributed by atoms with Gasteiger partial charge in [-0.3, -0.25) is 10.1 Å². The number of nitrogens with zero attached hydrogens (tertiary/aromatic N) is 2. The molecule has 0 aliphatic heterocycles. The fourth-order valence-electron chi connectivity index (χ4n) is 1.67. The second-order valence-electron chi connectivity index (χ2n) is 3.48. The van der Waals surface area contributed by atoms with Gasteiger partial charge in [-0.1, -0.05) is 18.2 Å². The first kappa shape index (κ1) is 9.03. The van der Waals surface area contributed by atoms with Crippen LogP contribution in [0.2, 0.25) is 0 Å². The highest BCUT2D eigenvalue weighted by Crippen LogP contribution is 2.23. The fourth-order valence-corrected chi connectivity index (χ4v) is 1.67. The highest BCUT2D eigenvalue weighted by Gasteiger charge is 2.08. The third-order valence-corrected chi connectivity index (χ3v) is 2.44. The molecule has 3 aromatic rings. The van der Waals surface area contributed by atoms with E-state index in [1.807, 2.05) is 24.3 Å². The summed E-state index contributed by atoms with van der Waals surface area (Å²) in [4.78, 5) is 4.01. The van der Waals surface area contributed by atoms with Crippen LogP contribution in [-0.4, -0.2) is 15.2 Å². The maximum Gasteiger partial charge on any atom is 0.141 e. The van der Waals surface area contributed by atoms with E-state index in [9.17, 15) is 4.39 Å². The molecule has 0 saturated heterocycles. The summed E-state index contributed by atoms with van der Waals surface area (Å²) in [6.07, 6.45) is 1.19. The number of rotatable bonds is 1. The van der Waals surface area contributed by atoms with Crippen LogP contribution in [0, 0.1) is 5.82 Å². The van der Waals surface area contributed by atoms with Gasteiger partial charge in [0.1, 0.15) is 11.5 Å². The Hall–Kier alpha value is -2.23. The molecule has 2 heterocycles. The summed E-state index contributed by atoms with van der Waals surface area (Å²) in [6, 6.07) is 10.8. The molecule has 0 radical (unpaired) electrons. The van der Waals surface area contributed by atoms with Crippen LogP contribution in [0.25, 0.3) is 22.3 Å². The third-order valence-electron chi connectivity index (χ3n) is 2.44. The number of nitrogens with one attached hydrogen (secondary N) is 1. The van der Waals surface area contributed by atoms with Crippen LogP contribution in [0.4, 0.5) is 4.39 Å². The molecule has 3 rings (SSSR count). The molecular weight excluding hydrogens is 205 g/mol. The van der Waals surface area contributed by atoms with Crippen molar-refractivity contribution < 1.29 is 4.39 Å². The fraction of sp³-hybridized carbons (Fsp3) is 0. The van der Waals surface area contributed by atoms with Crippen LogP contribution in [0.1, 0.15) is 0 Å². The Labute approximate surface area is 91.0 Å². The van der Waals surface area contributed by atoms with Crippen LogP contribution >= 0.6 is 0 Å². The molecule has 0 aliphatic carbocycles. The Morgan fingerprint density at radius 3 is 2.75 bits per heavy atom. The average Bonchev–Trinajstić information content (AvgIpc) is 2.74. The lowest BCUT2D eigenvalue weighted by Gasteiger charge is -1.96. The van der Waals surface area contributed by atoms with Crippen molar-refractivity contribution in [2.24, 2.45) is 0 Å². The third kappa shape index (κ3) is 1.35. The van der Waals surface area contributed by atoms with Gasteiger partial charge in [0, 0.05) is 5.39 Å². The molecule has 78 valence electrons. The van der Waals surface area contributed by atoms with E-state index in [2.05, 4.69) is 15.2 Å². The largest absolute Gasteiger partial charge is 0.277 e. The van der Waals surface area contributed by atoms with Crippen LogP contribution in [0.5, 0.6) is 0 Å². The number of aromatic amines is 1. The summed E-state index contributed by atoms with van der Waals surface area (Å²) < 4.78 is 12.8. The second kappa shape index (κ2) is 3.41. The quantitative estimate of drug-likeness (QED) is 0.675. The Balaban J connectivity index is 2.22. The molecule has 0 fully saturated rings. The Bertz CT molecular complexity index is 628. The zero-order chi connectivity index (χ0) is 11.0. The summed E-state index contributed by atoms with van der Waals surface area (Å²) in [5.41, 5.74) is 2.36. The number of aromatic nitrogens is 3. The zero-order valence-electron chi connectivity index (χ0n) is 8.31. The molecule has 0 amide bonds. The van der Waals surface area contributed by atoms with Crippen molar-refractivity contribution in [2.75, 3.05) is 0 Å². The summed E-state index contributed by atoms with van der Waals surface area (Å²) in [5.74, 6) is -0.344. The van der Waals surface area contributed by atoms with Crippen LogP contribution in [0.15, 0.2) is 42.6 Å². The molecule has 0 atom stereocenters. The number of fused-ring (bicyclic) bond motifs is 1. The van der Waals surface area contributed by atoms with E-state index in [1.165, 1.54) is 12.3 Å². The van der Waals surface area contributed by atoms with Crippen LogP contribution in [-0.2, 0) is 0 Å². The number of benzene rings is 1. The number of halogens is 1. The van der Waals surface area contributed by atoms with Gasteiger partial charge in [0.2, 0.25) is 0 Å². The second-order valence-corrected chi connectivity index (χ2v) is 3.48. The predicted molar refractivity (Wildman–Crippen MR) is 59.3 cm³/mol. The zero-order valence-corrected chi connectivity index (χ0v) is 8.31. The molecule has 1 N–H and O–H groups in total. The molecule has 0 unspecified atom stereocenters. The number of H-pyrrole nitrogens is 1. The average molecular weight is 213 g/mol. The minimum atomic E-state index is -0.344. The van der Waals surface area contributed by atoms with E-state index in [1.54, 1.807) is 6.07 Å². The standard InChI is InChI=1S/C12H8FN3/c13-8-5-6-11(14-7-8)12-9-3-1-2-4-10(9)15-16-12/h1-7H,(H,15,16). The van der Waals surface area contributed by atoms with Gasteiger partial charge in [-0.05, 0) is 18.2 Å². The highest BCUT2D eigenvalue weighted by atomic mass is 19.1. The van der Waals surface area contributed by atoms with Gasteiger partial charge in [0.05, 0.1) is 17.4 Å². The lowest BCUT2D eigenvalue weighted by atomic mass is 10.1. The number of hydrogen-bond acceptors (Lipinski definition) is 2. The van der Waals surface area contributed by atoms with Gasteiger partial charge in [-0.2, -0.15) is 5.10 Å². The number of para-hydroxylation sites is 1. The number of hydrogen-bond donors (Lipinski definition) is 1. The summed E-state index contributed by atoms with van der Waals surface area (Å²) in [5, 5.41) is 8.09. The molecule has 0 aliphatic rings. The van der Waals surface area contributed by atoms with Crippen molar-refractivity contribution in [3.8, 4) is 11.4 Å². The van der Waals surface area contributed by atoms with E-state index >= 15 is 0 Å². The monoisotopic (exact) mass is 213 g/mol. The SMILES string of the molecule is Fc1ccc(-c2n[nH]c3ccccc23)nc1. The van der Waals surface area contributed by atoms with E-state index in [4.69, 9.17) is 0 Å². The Morgan fingerprint density at radius 2 is 1.94 bits per heavy atom. The van der Waals surface area contributed by atoms with Gasteiger partial charge >= 0.3 is 0 Å². The van der Waals surface area contributed by atoms with Gasteiger partial charge in [-0.15, -0.1) is 0 Å². The van der Waals surface area contributed by atoms with E-state index in [-0.39, 0.29) is 5.82 Å². The first-order valence-corrected chi connectivity index (χ1v) is 4.89. The van der Waals surface area contributed by atoms with Gasteiger partial charge in [0.25, 0.3) is 0 Å². The van der Waals surface area contributed by atoms with Crippen molar-refractivity contribution in [2.45, 2.75) is 0 Å². The maximum absolute atomic E-state index is 12.8. The van der Waals surface area contributed by atoms with Crippen molar-refractivity contribution in [3.63, 3.8) is 0 Å². The van der Waals surface area contributed by atoms with Gasteiger partial charge < -0.3 is 0 Å². The first-order chi connectivity index (χ1) is 7.84. The van der Waals surface area contributed by atoms with E-state index in [0.717, 1.165) is 16.6 Å². The van der Waals surface area contributed by atoms with E-state index < -0.39 is 0 Å². The minimum absolute atomic E-state index is 0.344. The maximum atomic E-state index is 12.8. The van der Waals surface area contributed by atoms with Crippen molar-refractivity contribution in [1.82, 2.24) is 15.2 Å². The summed E-state index contributed by atoms with van der Waals surface area (Å²) >= 11 is 0. The summed E-state index contributed by atoms with van der Waals surface area (Å²) in [6.45, 7) is 0. The molecular formula is C12H8FN3. The molecule has 16 heavy (non-hydrogen) atoms. The number of pyridine rings is 1. The Kier molecular flexibility index (Phi) is 1.93. The lowest BCUT2D eigenvalue weighted by molar-refractivity contribution is 0.622. The van der Waals surface area contributed by atoms with Crippen molar-refractivity contribution >= 4 is 10.9 Å². The normalized spacial score (nSPS) is 10.8. The molecule has 2 aromatic heterocycles. The van der Waals surface area contributed by atoms with Crippen molar-refractivity contribution in [1.29, 1.82) is 0 Å².